The first-order valence-electron chi connectivity index (χ1n) is 5.25. The molecule has 1 aliphatic carbocycles. The molecule has 0 bridgehead atoms. The van der Waals surface area contributed by atoms with Crippen molar-refractivity contribution in [1.82, 2.24) is 0 Å². The van der Waals surface area contributed by atoms with Crippen LogP contribution in [0.3, 0.4) is 0 Å². The van der Waals surface area contributed by atoms with E-state index in [9.17, 15) is 4.39 Å². The first kappa shape index (κ1) is 12.2. The van der Waals surface area contributed by atoms with Gasteiger partial charge in [-0.15, -0.1) is 0 Å². The number of halogens is 2. The SMILES string of the molecule is CN(c1ccc(/C(N)=N/O)c(Br)c1F)C1CC1. The van der Waals surface area contributed by atoms with Crippen molar-refractivity contribution in [1.29, 1.82) is 0 Å². The highest BCUT2D eigenvalue weighted by molar-refractivity contribution is 9.10. The third kappa shape index (κ3) is 2.22. The molecule has 0 radical (unpaired) electrons. The summed E-state index contributed by atoms with van der Waals surface area (Å²) in [7, 11) is 1.87. The lowest BCUT2D eigenvalue weighted by Gasteiger charge is -2.20. The Balaban J connectivity index is 2.41. The van der Waals surface area contributed by atoms with Crippen LogP contribution in [-0.2, 0) is 0 Å². The van der Waals surface area contributed by atoms with Gasteiger partial charge >= 0.3 is 0 Å². The molecule has 17 heavy (non-hydrogen) atoms. The zero-order valence-electron chi connectivity index (χ0n) is 9.32. The van der Waals surface area contributed by atoms with Crippen molar-refractivity contribution < 1.29 is 9.60 Å². The Morgan fingerprint density at radius 3 is 2.76 bits per heavy atom. The van der Waals surface area contributed by atoms with E-state index >= 15 is 0 Å². The summed E-state index contributed by atoms with van der Waals surface area (Å²) in [5.41, 5.74) is 6.32. The van der Waals surface area contributed by atoms with Crippen molar-refractivity contribution in [3.8, 4) is 0 Å². The van der Waals surface area contributed by atoms with E-state index in [1.165, 1.54) is 0 Å². The minimum atomic E-state index is -0.386. The first-order valence-corrected chi connectivity index (χ1v) is 6.04. The predicted molar refractivity (Wildman–Crippen MR) is 68.0 cm³/mol. The average molecular weight is 302 g/mol. The second kappa shape index (κ2) is 4.52. The zero-order valence-corrected chi connectivity index (χ0v) is 10.9. The molecule has 4 nitrogen and oxygen atoms in total. The molecule has 0 spiro atoms. The summed E-state index contributed by atoms with van der Waals surface area (Å²) in [6, 6.07) is 3.70. The maximum absolute atomic E-state index is 14.1. The smallest absolute Gasteiger partial charge is 0.171 e. The van der Waals surface area contributed by atoms with E-state index in [4.69, 9.17) is 10.9 Å². The fourth-order valence-electron chi connectivity index (χ4n) is 1.72. The van der Waals surface area contributed by atoms with Crippen molar-refractivity contribution in [2.75, 3.05) is 11.9 Å². The van der Waals surface area contributed by atoms with Gasteiger partial charge in [0.05, 0.1) is 10.2 Å². The van der Waals surface area contributed by atoms with E-state index in [0.29, 0.717) is 17.3 Å². The third-order valence-corrected chi connectivity index (χ3v) is 3.70. The number of nitrogens with zero attached hydrogens (tertiary/aromatic N) is 2. The molecule has 1 fully saturated rings. The summed E-state index contributed by atoms with van der Waals surface area (Å²) < 4.78 is 14.3. The van der Waals surface area contributed by atoms with Gasteiger partial charge in [-0.1, -0.05) is 5.16 Å². The molecule has 1 aliphatic rings. The van der Waals surface area contributed by atoms with E-state index in [1.54, 1.807) is 12.1 Å². The average Bonchev–Trinajstić information content (AvgIpc) is 3.15. The Hall–Kier alpha value is -1.30. The van der Waals surface area contributed by atoms with Crippen LogP contribution >= 0.6 is 15.9 Å². The molecule has 0 amide bonds. The van der Waals surface area contributed by atoms with E-state index in [-0.39, 0.29) is 16.1 Å². The van der Waals surface area contributed by atoms with Crippen molar-refractivity contribution in [2.24, 2.45) is 10.9 Å². The normalized spacial score (nSPS) is 16.1. The van der Waals surface area contributed by atoms with Crippen LogP contribution in [0.4, 0.5) is 10.1 Å². The number of hydrogen-bond donors (Lipinski definition) is 2. The number of hydrogen-bond acceptors (Lipinski definition) is 3. The molecular weight excluding hydrogens is 289 g/mol. The molecule has 0 atom stereocenters. The Morgan fingerprint density at radius 1 is 1.59 bits per heavy atom. The van der Waals surface area contributed by atoms with E-state index < -0.39 is 0 Å². The monoisotopic (exact) mass is 301 g/mol. The van der Waals surface area contributed by atoms with Gasteiger partial charge in [-0.05, 0) is 40.9 Å². The lowest BCUT2D eigenvalue weighted by atomic mass is 10.1. The standard InChI is InChI=1S/C11H13BrFN3O/c1-16(6-2-3-6)8-5-4-7(11(14)15-17)9(12)10(8)13/h4-6,17H,2-3H2,1H3,(H2,14,15). The number of amidine groups is 1. The Labute approximate surface area is 107 Å². The second-order valence-corrected chi connectivity index (χ2v) is 4.88. The molecule has 0 saturated heterocycles. The van der Waals surface area contributed by atoms with E-state index in [2.05, 4.69) is 21.1 Å². The van der Waals surface area contributed by atoms with Crippen LogP contribution in [0.5, 0.6) is 0 Å². The van der Waals surface area contributed by atoms with Crippen LogP contribution in [0.1, 0.15) is 18.4 Å². The molecule has 1 aromatic carbocycles. The highest BCUT2D eigenvalue weighted by Crippen LogP contribution is 2.35. The summed E-state index contributed by atoms with van der Waals surface area (Å²) in [4.78, 5) is 1.91. The number of rotatable bonds is 3. The van der Waals surface area contributed by atoms with Gasteiger partial charge < -0.3 is 15.8 Å². The van der Waals surface area contributed by atoms with Gasteiger partial charge in [0, 0.05) is 18.7 Å². The molecule has 2 rings (SSSR count). The van der Waals surface area contributed by atoms with Crippen LogP contribution in [0.2, 0.25) is 0 Å². The lowest BCUT2D eigenvalue weighted by Crippen LogP contribution is -2.22. The molecule has 0 unspecified atom stereocenters. The van der Waals surface area contributed by atoms with Gasteiger partial charge in [0.15, 0.2) is 11.7 Å². The summed E-state index contributed by atoms with van der Waals surface area (Å²) in [6.07, 6.45) is 2.19. The fraction of sp³-hybridized carbons (Fsp3) is 0.364. The maximum atomic E-state index is 14.1. The predicted octanol–water partition coefficient (Wildman–Crippen LogP) is 2.28. The molecule has 0 aromatic heterocycles. The Bertz CT molecular complexity index is 474. The molecule has 3 N–H and O–H groups in total. The molecule has 1 aromatic rings. The molecule has 6 heteroatoms. The summed E-state index contributed by atoms with van der Waals surface area (Å²) in [6.45, 7) is 0. The van der Waals surface area contributed by atoms with Crippen LogP contribution in [-0.4, -0.2) is 24.1 Å². The van der Waals surface area contributed by atoms with Crippen LogP contribution in [0.25, 0.3) is 0 Å². The Morgan fingerprint density at radius 2 is 2.24 bits per heavy atom. The molecular formula is C11H13BrFN3O. The van der Waals surface area contributed by atoms with Gasteiger partial charge in [-0.2, -0.15) is 0 Å². The van der Waals surface area contributed by atoms with Crippen molar-refractivity contribution in [2.45, 2.75) is 18.9 Å². The number of nitrogens with two attached hydrogens (primary N) is 1. The number of benzene rings is 1. The van der Waals surface area contributed by atoms with Crippen molar-refractivity contribution in [3.05, 3.63) is 28.0 Å². The zero-order chi connectivity index (χ0) is 12.6. The summed E-state index contributed by atoms with van der Waals surface area (Å²) in [5.74, 6) is -0.500. The summed E-state index contributed by atoms with van der Waals surface area (Å²) >= 11 is 3.14. The number of anilines is 1. The summed E-state index contributed by atoms with van der Waals surface area (Å²) in [5, 5.41) is 11.5. The number of oxime groups is 1. The highest BCUT2D eigenvalue weighted by atomic mass is 79.9. The molecule has 92 valence electrons. The van der Waals surface area contributed by atoms with Crippen LogP contribution < -0.4 is 10.6 Å². The molecule has 1 saturated carbocycles. The molecule has 0 aliphatic heterocycles. The van der Waals surface area contributed by atoms with Crippen LogP contribution in [0, 0.1) is 5.82 Å². The topological polar surface area (TPSA) is 61.8 Å². The van der Waals surface area contributed by atoms with Crippen molar-refractivity contribution >= 4 is 27.5 Å². The minimum absolute atomic E-state index is 0.114. The largest absolute Gasteiger partial charge is 0.409 e. The van der Waals surface area contributed by atoms with Gasteiger partial charge in [-0.3, -0.25) is 0 Å². The maximum Gasteiger partial charge on any atom is 0.171 e. The van der Waals surface area contributed by atoms with Crippen molar-refractivity contribution in [3.63, 3.8) is 0 Å². The van der Waals surface area contributed by atoms with Gasteiger partial charge in [0.2, 0.25) is 0 Å². The third-order valence-electron chi connectivity index (χ3n) is 2.92. The van der Waals surface area contributed by atoms with E-state index in [0.717, 1.165) is 12.8 Å². The second-order valence-electron chi connectivity index (χ2n) is 4.09. The van der Waals surface area contributed by atoms with Gasteiger partial charge in [-0.25, -0.2) is 4.39 Å². The molecule has 0 heterocycles. The minimum Gasteiger partial charge on any atom is -0.409 e. The first-order chi connectivity index (χ1) is 8.06. The van der Waals surface area contributed by atoms with E-state index in [1.807, 2.05) is 11.9 Å². The quantitative estimate of drug-likeness (QED) is 0.390. The fourth-order valence-corrected chi connectivity index (χ4v) is 2.26. The van der Waals surface area contributed by atoms with Crippen LogP contribution in [0.15, 0.2) is 21.8 Å². The lowest BCUT2D eigenvalue weighted by molar-refractivity contribution is 0.318. The highest BCUT2D eigenvalue weighted by Gasteiger charge is 2.29. The van der Waals surface area contributed by atoms with Gasteiger partial charge in [0.25, 0.3) is 0 Å². The van der Waals surface area contributed by atoms with Gasteiger partial charge in [0.1, 0.15) is 0 Å². The Kier molecular flexibility index (Phi) is 3.24.